The summed E-state index contributed by atoms with van der Waals surface area (Å²) in [5, 5.41) is 10.4. The summed E-state index contributed by atoms with van der Waals surface area (Å²) in [6, 6.07) is 10.5. The molecule has 156 valence electrons. The van der Waals surface area contributed by atoms with Crippen molar-refractivity contribution < 1.29 is 4.79 Å². The van der Waals surface area contributed by atoms with Crippen LogP contribution >= 0.6 is 23.5 Å². The Labute approximate surface area is 181 Å². The molecular formula is C21H29N5OS2. The zero-order chi connectivity index (χ0) is 20.1. The van der Waals surface area contributed by atoms with Gasteiger partial charge in [0.25, 0.3) is 0 Å². The first kappa shape index (κ1) is 20.6. The van der Waals surface area contributed by atoms with Crippen LogP contribution in [0.15, 0.2) is 36.5 Å². The monoisotopic (exact) mass is 431 g/mol. The largest absolute Gasteiger partial charge is 0.324 e. The van der Waals surface area contributed by atoms with Crippen LogP contribution in [0.3, 0.4) is 0 Å². The maximum atomic E-state index is 12.5. The minimum Gasteiger partial charge on any atom is -0.307 e. The number of rotatable bonds is 4. The van der Waals surface area contributed by atoms with Crippen molar-refractivity contribution in [3.05, 3.63) is 42.1 Å². The average molecular weight is 432 g/mol. The number of benzene rings is 1. The van der Waals surface area contributed by atoms with Gasteiger partial charge in [-0.25, -0.2) is 9.48 Å². The minimum atomic E-state index is -0.231. The van der Waals surface area contributed by atoms with E-state index in [0.29, 0.717) is 12.1 Å². The molecule has 2 aromatic rings. The van der Waals surface area contributed by atoms with E-state index in [1.54, 1.807) is 6.20 Å². The molecule has 2 N–H and O–H groups in total. The number of para-hydroxylation sites is 1. The van der Waals surface area contributed by atoms with Gasteiger partial charge in [-0.3, -0.25) is 10.2 Å². The van der Waals surface area contributed by atoms with Crippen LogP contribution in [0.2, 0.25) is 0 Å². The lowest BCUT2D eigenvalue weighted by atomic mass is 10.0. The lowest BCUT2D eigenvalue weighted by Crippen LogP contribution is -2.44. The molecule has 0 bridgehead atoms. The second-order valence-electron chi connectivity index (χ2n) is 7.63. The number of thioether (sulfide) groups is 2. The number of carbonyl (C=O) groups is 1. The highest BCUT2D eigenvalue weighted by Gasteiger charge is 2.28. The summed E-state index contributed by atoms with van der Waals surface area (Å²) in [5.74, 6) is 5.83. The SMILES string of the molecule is Cc1ccccc1NC(=O)Nc1ccnn1C1CCN(C2CSCCSC2)CC1. The van der Waals surface area contributed by atoms with Crippen LogP contribution in [0.25, 0.3) is 0 Å². The van der Waals surface area contributed by atoms with Gasteiger partial charge in [0.2, 0.25) is 0 Å². The standard InChI is InChI=1S/C21H29N5OS2/c1-16-4-2-3-5-19(16)23-21(27)24-20-6-9-22-26(20)17-7-10-25(11-8-17)18-14-28-12-13-29-15-18/h2-6,9,17-18H,7-8,10-15H2,1H3,(H2,23,24,27). The molecule has 0 saturated carbocycles. The molecule has 2 saturated heterocycles. The van der Waals surface area contributed by atoms with E-state index in [1.165, 1.54) is 23.0 Å². The zero-order valence-corrected chi connectivity index (χ0v) is 18.5. The van der Waals surface area contributed by atoms with Crippen LogP contribution in [0.1, 0.15) is 24.4 Å². The van der Waals surface area contributed by atoms with Crippen molar-refractivity contribution in [2.24, 2.45) is 0 Å². The minimum absolute atomic E-state index is 0.231. The fourth-order valence-electron chi connectivity index (χ4n) is 4.00. The summed E-state index contributed by atoms with van der Waals surface area (Å²) >= 11 is 4.18. The van der Waals surface area contributed by atoms with Gasteiger partial charge in [-0.2, -0.15) is 28.6 Å². The maximum absolute atomic E-state index is 12.5. The Bertz CT molecular complexity index is 811. The molecule has 2 amide bonds. The molecule has 0 unspecified atom stereocenters. The van der Waals surface area contributed by atoms with E-state index < -0.39 is 0 Å². The van der Waals surface area contributed by atoms with Gasteiger partial charge in [-0.1, -0.05) is 18.2 Å². The summed E-state index contributed by atoms with van der Waals surface area (Å²) < 4.78 is 1.99. The van der Waals surface area contributed by atoms with Crippen molar-refractivity contribution >= 4 is 41.1 Å². The molecule has 1 aromatic carbocycles. The lowest BCUT2D eigenvalue weighted by molar-refractivity contribution is 0.152. The van der Waals surface area contributed by atoms with Crippen LogP contribution in [-0.4, -0.2) is 62.9 Å². The van der Waals surface area contributed by atoms with E-state index in [2.05, 4.69) is 44.2 Å². The zero-order valence-electron chi connectivity index (χ0n) is 16.8. The van der Waals surface area contributed by atoms with Gasteiger partial charge < -0.3 is 5.32 Å². The fourth-order valence-corrected chi connectivity index (χ4v) is 6.63. The highest BCUT2D eigenvalue weighted by atomic mass is 32.2. The third kappa shape index (κ3) is 5.29. The van der Waals surface area contributed by atoms with E-state index in [0.717, 1.165) is 43.0 Å². The van der Waals surface area contributed by atoms with Gasteiger partial charge in [0.1, 0.15) is 5.82 Å². The summed E-state index contributed by atoms with van der Waals surface area (Å²) in [5.41, 5.74) is 1.86. The van der Waals surface area contributed by atoms with Gasteiger partial charge in [-0.05, 0) is 31.4 Å². The number of anilines is 2. The van der Waals surface area contributed by atoms with Crippen LogP contribution in [-0.2, 0) is 0 Å². The summed E-state index contributed by atoms with van der Waals surface area (Å²) in [6.07, 6.45) is 3.91. The first-order valence-electron chi connectivity index (χ1n) is 10.3. The molecule has 0 aliphatic carbocycles. The highest BCUT2D eigenvalue weighted by molar-refractivity contribution is 8.03. The number of amides is 2. The second kappa shape index (κ2) is 9.91. The molecule has 2 fully saturated rings. The molecule has 0 spiro atoms. The maximum Gasteiger partial charge on any atom is 0.324 e. The molecular weight excluding hydrogens is 402 g/mol. The van der Waals surface area contributed by atoms with Gasteiger partial charge in [0.05, 0.1) is 12.2 Å². The van der Waals surface area contributed by atoms with E-state index >= 15 is 0 Å². The van der Waals surface area contributed by atoms with Crippen molar-refractivity contribution in [3.63, 3.8) is 0 Å². The number of aromatic nitrogens is 2. The molecule has 3 heterocycles. The van der Waals surface area contributed by atoms with Crippen LogP contribution < -0.4 is 10.6 Å². The molecule has 2 aliphatic rings. The van der Waals surface area contributed by atoms with E-state index in [-0.39, 0.29) is 6.03 Å². The third-order valence-corrected chi connectivity index (χ3v) is 8.14. The molecule has 1 aromatic heterocycles. The quantitative estimate of drug-likeness (QED) is 0.755. The first-order chi connectivity index (χ1) is 14.2. The Morgan fingerprint density at radius 2 is 1.76 bits per heavy atom. The fraction of sp³-hybridized carbons (Fsp3) is 0.524. The van der Waals surface area contributed by atoms with E-state index in [9.17, 15) is 4.79 Å². The Morgan fingerprint density at radius 1 is 1.03 bits per heavy atom. The van der Waals surface area contributed by atoms with Gasteiger partial charge in [-0.15, -0.1) is 0 Å². The Kier molecular flexibility index (Phi) is 7.05. The smallest absolute Gasteiger partial charge is 0.307 e. The number of hydrogen-bond donors (Lipinski definition) is 2. The van der Waals surface area contributed by atoms with Crippen LogP contribution in [0.5, 0.6) is 0 Å². The topological polar surface area (TPSA) is 62.2 Å². The normalized spacial score (nSPS) is 19.6. The molecule has 8 heteroatoms. The van der Waals surface area contributed by atoms with E-state index in [4.69, 9.17) is 0 Å². The number of nitrogens with zero attached hydrogens (tertiary/aromatic N) is 3. The van der Waals surface area contributed by atoms with Crippen molar-refractivity contribution in [2.75, 3.05) is 46.7 Å². The molecule has 6 nitrogen and oxygen atoms in total. The third-order valence-electron chi connectivity index (χ3n) is 5.66. The predicted molar refractivity (Wildman–Crippen MR) is 124 cm³/mol. The van der Waals surface area contributed by atoms with Crippen molar-refractivity contribution in [1.29, 1.82) is 0 Å². The van der Waals surface area contributed by atoms with Crippen LogP contribution in [0, 0.1) is 6.92 Å². The number of piperidine rings is 1. The summed E-state index contributed by atoms with van der Waals surface area (Å²) in [6.45, 7) is 4.19. The summed E-state index contributed by atoms with van der Waals surface area (Å²) in [7, 11) is 0. The molecule has 29 heavy (non-hydrogen) atoms. The van der Waals surface area contributed by atoms with Gasteiger partial charge >= 0.3 is 6.03 Å². The molecule has 4 rings (SSSR count). The Balaban J connectivity index is 1.33. The molecule has 2 aliphatic heterocycles. The van der Waals surface area contributed by atoms with Gasteiger partial charge in [0.15, 0.2) is 0 Å². The number of nitrogens with one attached hydrogen (secondary N) is 2. The number of urea groups is 1. The van der Waals surface area contributed by atoms with E-state index in [1.807, 2.05) is 41.9 Å². The second-order valence-corrected chi connectivity index (χ2v) is 9.93. The van der Waals surface area contributed by atoms with Crippen LogP contribution in [0.4, 0.5) is 16.3 Å². The number of carbonyl (C=O) groups excluding carboxylic acids is 1. The molecule has 0 atom stereocenters. The number of hydrogen-bond acceptors (Lipinski definition) is 5. The predicted octanol–water partition coefficient (Wildman–Crippen LogP) is 4.32. The van der Waals surface area contributed by atoms with Crippen molar-refractivity contribution in [1.82, 2.24) is 14.7 Å². The number of likely N-dealkylation sites (tertiary alicyclic amines) is 1. The molecule has 0 radical (unpaired) electrons. The average Bonchev–Trinajstić information content (AvgIpc) is 3.01. The first-order valence-corrected chi connectivity index (χ1v) is 12.6. The van der Waals surface area contributed by atoms with Crippen molar-refractivity contribution in [3.8, 4) is 0 Å². The Morgan fingerprint density at radius 3 is 2.48 bits per heavy atom. The number of aryl methyl sites for hydroxylation is 1. The van der Waals surface area contributed by atoms with Gasteiger partial charge in [0, 0.05) is 53.9 Å². The highest BCUT2D eigenvalue weighted by Crippen LogP contribution is 2.29. The van der Waals surface area contributed by atoms with Crippen molar-refractivity contribution in [2.45, 2.75) is 31.8 Å². The summed E-state index contributed by atoms with van der Waals surface area (Å²) in [4.78, 5) is 15.1. The lowest BCUT2D eigenvalue weighted by Gasteiger charge is -2.37. The Hall–Kier alpha value is -1.64.